The fourth-order valence-electron chi connectivity index (χ4n) is 5.34. The van der Waals surface area contributed by atoms with Gasteiger partial charge in [0, 0.05) is 13.0 Å². The minimum absolute atomic E-state index is 0.128. The van der Waals surface area contributed by atoms with Crippen LogP contribution in [0.3, 0.4) is 0 Å². The largest absolute Gasteiger partial charge is 0.497 e. The summed E-state index contributed by atoms with van der Waals surface area (Å²) in [5.74, 6) is -0.536. The average Bonchev–Trinajstić information content (AvgIpc) is 3.32. The van der Waals surface area contributed by atoms with Crippen molar-refractivity contribution in [2.24, 2.45) is 11.8 Å². The molecule has 10 nitrogen and oxygen atoms in total. The molecule has 0 unspecified atom stereocenters. The summed E-state index contributed by atoms with van der Waals surface area (Å²) in [6, 6.07) is 4.74. The predicted molar refractivity (Wildman–Crippen MR) is 143 cm³/mol. The summed E-state index contributed by atoms with van der Waals surface area (Å²) in [6.07, 6.45) is 5.69. The molecule has 2 saturated heterocycles. The number of Topliss-reactive ketones (excluding diaryl/α,β-unsaturated/α-hetero) is 1. The number of carbonyl (C=O) groups is 4. The van der Waals surface area contributed by atoms with Gasteiger partial charge < -0.3 is 30.2 Å². The van der Waals surface area contributed by atoms with Gasteiger partial charge in [-0.1, -0.05) is 37.8 Å². The number of epoxide rings is 1. The zero-order valence-corrected chi connectivity index (χ0v) is 23.1. The summed E-state index contributed by atoms with van der Waals surface area (Å²) in [6.45, 7) is 4.54. The molecule has 5 atom stereocenters. The van der Waals surface area contributed by atoms with E-state index in [0.717, 1.165) is 31.2 Å². The van der Waals surface area contributed by atoms with E-state index in [1.165, 1.54) is 0 Å². The molecule has 10 heteroatoms. The second-order valence-electron chi connectivity index (χ2n) is 11.2. The molecule has 0 radical (unpaired) electrons. The Morgan fingerprint density at radius 1 is 1.00 bits per heavy atom. The van der Waals surface area contributed by atoms with Crippen LogP contribution >= 0.6 is 0 Å². The SMILES string of the molecule is COc1ccc(C[C@H](NC(=O)[C@@H](C)NC(=O)[C@H]2CCOC2)C(=O)N[C@@H](CC2CCCC2)C(=O)[C@]2(C)CO2)cc1. The number of ketones is 1. The lowest BCUT2D eigenvalue weighted by Gasteiger charge is -2.26. The van der Waals surface area contributed by atoms with Gasteiger partial charge in [0.05, 0.1) is 32.3 Å². The van der Waals surface area contributed by atoms with Gasteiger partial charge in [-0.3, -0.25) is 19.2 Å². The van der Waals surface area contributed by atoms with E-state index in [1.807, 2.05) is 12.1 Å². The Labute approximate surface area is 229 Å². The minimum Gasteiger partial charge on any atom is -0.497 e. The fourth-order valence-corrected chi connectivity index (χ4v) is 5.34. The summed E-state index contributed by atoms with van der Waals surface area (Å²) < 4.78 is 15.9. The van der Waals surface area contributed by atoms with Gasteiger partial charge >= 0.3 is 0 Å². The summed E-state index contributed by atoms with van der Waals surface area (Å²) in [4.78, 5) is 52.6. The number of rotatable bonds is 13. The van der Waals surface area contributed by atoms with Gasteiger partial charge in [0.25, 0.3) is 0 Å². The van der Waals surface area contributed by atoms with Gasteiger partial charge in [0.2, 0.25) is 17.7 Å². The number of amides is 3. The number of ether oxygens (including phenoxy) is 3. The van der Waals surface area contributed by atoms with Crippen molar-refractivity contribution in [3.8, 4) is 5.75 Å². The Balaban J connectivity index is 1.46. The molecule has 3 amide bonds. The van der Waals surface area contributed by atoms with Gasteiger partial charge in [0.15, 0.2) is 5.78 Å². The Kier molecular flexibility index (Phi) is 9.61. The van der Waals surface area contributed by atoms with Gasteiger partial charge in [-0.25, -0.2) is 0 Å². The fraction of sp³-hybridized carbons (Fsp3) is 0.655. The molecule has 0 aromatic heterocycles. The van der Waals surface area contributed by atoms with Gasteiger partial charge in [-0.05, 0) is 50.3 Å². The molecule has 39 heavy (non-hydrogen) atoms. The highest BCUT2D eigenvalue weighted by atomic mass is 16.6. The standard InChI is InChI=1S/C29H41N3O7/c1-18(30-27(35)21-12-13-38-16-21)26(34)32-24(15-20-8-10-22(37-3)11-9-20)28(36)31-23(14-19-6-4-5-7-19)25(33)29(2)17-39-29/h8-11,18-19,21,23-24H,4-7,12-17H2,1-3H3,(H,30,35)(H,31,36)(H,32,34)/t18-,21+,23+,24+,29+/m1/s1. The Morgan fingerprint density at radius 2 is 1.67 bits per heavy atom. The summed E-state index contributed by atoms with van der Waals surface area (Å²) in [7, 11) is 1.57. The zero-order valence-electron chi connectivity index (χ0n) is 23.1. The number of carbonyl (C=O) groups excluding carboxylic acids is 4. The van der Waals surface area contributed by atoms with E-state index < -0.39 is 35.5 Å². The van der Waals surface area contributed by atoms with E-state index in [-0.39, 0.29) is 24.0 Å². The molecule has 0 spiro atoms. The first-order chi connectivity index (χ1) is 18.7. The lowest BCUT2D eigenvalue weighted by Crippen LogP contribution is -2.57. The van der Waals surface area contributed by atoms with E-state index in [1.54, 1.807) is 33.1 Å². The minimum atomic E-state index is -0.952. The molecule has 0 bridgehead atoms. The lowest BCUT2D eigenvalue weighted by molar-refractivity contribution is -0.134. The highest BCUT2D eigenvalue weighted by Gasteiger charge is 2.50. The number of nitrogens with one attached hydrogen (secondary N) is 3. The van der Waals surface area contributed by atoms with Crippen LogP contribution in [0.15, 0.2) is 24.3 Å². The topological polar surface area (TPSA) is 135 Å². The van der Waals surface area contributed by atoms with Crippen LogP contribution in [0.25, 0.3) is 0 Å². The van der Waals surface area contributed by atoms with E-state index in [2.05, 4.69) is 16.0 Å². The molecule has 3 N–H and O–H groups in total. The highest BCUT2D eigenvalue weighted by Crippen LogP contribution is 2.33. The summed E-state index contributed by atoms with van der Waals surface area (Å²) in [5, 5.41) is 8.49. The smallest absolute Gasteiger partial charge is 0.243 e. The first-order valence-electron chi connectivity index (χ1n) is 14.0. The third kappa shape index (κ3) is 7.79. The molecule has 214 valence electrons. The number of benzene rings is 1. The maximum absolute atomic E-state index is 13.6. The second kappa shape index (κ2) is 12.9. The normalized spacial score (nSPS) is 24.8. The molecule has 1 aliphatic carbocycles. The van der Waals surface area contributed by atoms with Crippen molar-refractivity contribution in [3.63, 3.8) is 0 Å². The van der Waals surface area contributed by atoms with Crippen LogP contribution in [0.2, 0.25) is 0 Å². The van der Waals surface area contributed by atoms with Crippen LogP contribution in [-0.2, 0) is 35.1 Å². The summed E-state index contributed by atoms with van der Waals surface area (Å²) >= 11 is 0. The van der Waals surface area contributed by atoms with Crippen molar-refractivity contribution >= 4 is 23.5 Å². The van der Waals surface area contributed by atoms with Gasteiger partial charge in [-0.2, -0.15) is 0 Å². The van der Waals surface area contributed by atoms with Crippen LogP contribution in [-0.4, -0.2) is 74.2 Å². The third-order valence-corrected chi connectivity index (χ3v) is 8.06. The highest BCUT2D eigenvalue weighted by molar-refractivity contribution is 5.98. The van der Waals surface area contributed by atoms with Crippen molar-refractivity contribution in [1.82, 2.24) is 16.0 Å². The monoisotopic (exact) mass is 543 g/mol. The van der Waals surface area contributed by atoms with Crippen LogP contribution in [0.5, 0.6) is 5.75 Å². The van der Waals surface area contributed by atoms with E-state index in [4.69, 9.17) is 14.2 Å². The molecule has 1 aromatic carbocycles. The van der Waals surface area contributed by atoms with Crippen molar-refractivity contribution in [1.29, 1.82) is 0 Å². The maximum atomic E-state index is 13.6. The van der Waals surface area contributed by atoms with Crippen molar-refractivity contribution in [2.75, 3.05) is 26.9 Å². The molecule has 1 saturated carbocycles. The zero-order chi connectivity index (χ0) is 28.0. The predicted octanol–water partition coefficient (Wildman–Crippen LogP) is 1.69. The molecule has 2 aliphatic heterocycles. The molecule has 4 rings (SSSR count). The molecule has 2 heterocycles. The van der Waals surface area contributed by atoms with Crippen molar-refractivity contribution in [2.45, 2.75) is 82.5 Å². The number of methoxy groups -OCH3 is 1. The van der Waals surface area contributed by atoms with Gasteiger partial charge in [-0.15, -0.1) is 0 Å². The molecule has 1 aromatic rings. The quantitative estimate of drug-likeness (QED) is 0.322. The molecular formula is C29H41N3O7. The van der Waals surface area contributed by atoms with Crippen LogP contribution in [0.4, 0.5) is 0 Å². The van der Waals surface area contributed by atoms with E-state index >= 15 is 0 Å². The maximum Gasteiger partial charge on any atom is 0.243 e. The van der Waals surface area contributed by atoms with Crippen LogP contribution in [0.1, 0.15) is 57.9 Å². The third-order valence-electron chi connectivity index (χ3n) is 8.06. The van der Waals surface area contributed by atoms with Crippen LogP contribution < -0.4 is 20.7 Å². The molecule has 3 aliphatic rings. The Hall–Kier alpha value is -2.98. The molecular weight excluding hydrogens is 502 g/mol. The van der Waals surface area contributed by atoms with Gasteiger partial charge in [0.1, 0.15) is 23.4 Å². The molecule has 3 fully saturated rings. The van der Waals surface area contributed by atoms with Crippen molar-refractivity contribution in [3.05, 3.63) is 29.8 Å². The number of hydrogen-bond donors (Lipinski definition) is 3. The second-order valence-corrected chi connectivity index (χ2v) is 11.2. The first-order valence-corrected chi connectivity index (χ1v) is 14.0. The lowest BCUT2D eigenvalue weighted by atomic mass is 9.90. The number of hydrogen-bond acceptors (Lipinski definition) is 7. The van der Waals surface area contributed by atoms with E-state index in [0.29, 0.717) is 44.3 Å². The Bertz CT molecular complexity index is 1030. The Morgan fingerprint density at radius 3 is 2.26 bits per heavy atom. The first kappa shape index (κ1) is 29.0. The van der Waals surface area contributed by atoms with E-state index in [9.17, 15) is 19.2 Å². The van der Waals surface area contributed by atoms with Crippen molar-refractivity contribution < 1.29 is 33.4 Å². The average molecular weight is 544 g/mol. The van der Waals surface area contributed by atoms with Crippen LogP contribution in [0, 0.1) is 11.8 Å². The summed E-state index contributed by atoms with van der Waals surface area (Å²) in [5.41, 5.74) is -0.0548.